The summed E-state index contributed by atoms with van der Waals surface area (Å²) in [6.07, 6.45) is 1.85. The Hall–Kier alpha value is -0.390. The van der Waals surface area contributed by atoms with Crippen molar-refractivity contribution in [3.63, 3.8) is 0 Å². The molecule has 5 heteroatoms. The topological polar surface area (TPSA) is 46.2 Å². The van der Waals surface area contributed by atoms with Crippen LogP contribution in [0.25, 0.3) is 0 Å². The first-order chi connectivity index (χ1) is 7.83. The van der Waals surface area contributed by atoms with E-state index in [0.29, 0.717) is 6.42 Å². The van der Waals surface area contributed by atoms with Crippen LogP contribution in [-0.4, -0.2) is 27.5 Å². The maximum absolute atomic E-state index is 11.2. The van der Waals surface area contributed by atoms with Crippen molar-refractivity contribution in [2.45, 2.75) is 19.4 Å². The molecule has 96 valence electrons. The summed E-state index contributed by atoms with van der Waals surface area (Å²) in [5.74, 6) is 0.193. The summed E-state index contributed by atoms with van der Waals surface area (Å²) in [7, 11) is -1.07. The normalized spacial score (nSPS) is 13.6. The van der Waals surface area contributed by atoms with E-state index in [0.717, 1.165) is 10.0 Å². The minimum Gasteiger partial charge on any atom is -0.313 e. The summed E-state index contributed by atoms with van der Waals surface area (Å²) in [6.45, 7) is 2.03. The third-order valence-corrected chi connectivity index (χ3v) is 4.32. The van der Waals surface area contributed by atoms with Crippen molar-refractivity contribution in [1.82, 2.24) is 5.32 Å². The van der Waals surface area contributed by atoms with Gasteiger partial charge in [-0.3, -0.25) is 0 Å². The molecule has 0 aliphatic heterocycles. The minimum atomic E-state index is -2.91. The second-order valence-corrected chi connectivity index (χ2v) is 7.40. The highest BCUT2D eigenvalue weighted by molar-refractivity contribution is 9.10. The SMILES string of the molecule is CNC(CCS(C)(=O)=O)c1ccc(C)cc1Br. The molecule has 0 aliphatic carbocycles. The Labute approximate surface area is 112 Å². The second-order valence-electron chi connectivity index (χ2n) is 4.28. The molecule has 0 aromatic heterocycles. The molecule has 1 atom stereocenters. The van der Waals surface area contributed by atoms with Crippen LogP contribution in [0, 0.1) is 6.92 Å². The van der Waals surface area contributed by atoms with Crippen LogP contribution in [0.15, 0.2) is 22.7 Å². The van der Waals surface area contributed by atoms with E-state index in [1.54, 1.807) is 0 Å². The van der Waals surface area contributed by atoms with Crippen molar-refractivity contribution in [3.05, 3.63) is 33.8 Å². The Balaban J connectivity index is 2.86. The fourth-order valence-electron chi connectivity index (χ4n) is 1.70. The van der Waals surface area contributed by atoms with Gasteiger partial charge in [0.05, 0.1) is 5.75 Å². The van der Waals surface area contributed by atoms with Crippen LogP contribution in [-0.2, 0) is 9.84 Å². The fourth-order valence-corrected chi connectivity index (χ4v) is 3.14. The van der Waals surface area contributed by atoms with Crippen LogP contribution >= 0.6 is 15.9 Å². The molecular formula is C12H18BrNO2S. The number of hydrogen-bond donors (Lipinski definition) is 1. The first-order valence-electron chi connectivity index (χ1n) is 5.44. The van der Waals surface area contributed by atoms with Gasteiger partial charge < -0.3 is 5.32 Å². The van der Waals surface area contributed by atoms with Gasteiger partial charge in [0, 0.05) is 16.8 Å². The average molecular weight is 320 g/mol. The standard InChI is InChI=1S/C12H18BrNO2S/c1-9-4-5-10(11(13)8-9)12(14-2)6-7-17(3,15)16/h4-5,8,12,14H,6-7H2,1-3H3. The van der Waals surface area contributed by atoms with E-state index >= 15 is 0 Å². The molecule has 0 heterocycles. The van der Waals surface area contributed by atoms with E-state index in [4.69, 9.17) is 0 Å². The van der Waals surface area contributed by atoms with Gasteiger partial charge in [0.15, 0.2) is 0 Å². The minimum absolute atomic E-state index is 0.0553. The molecule has 0 amide bonds. The summed E-state index contributed by atoms with van der Waals surface area (Å²) >= 11 is 3.52. The number of nitrogens with one attached hydrogen (secondary N) is 1. The van der Waals surface area contributed by atoms with Gasteiger partial charge in [-0.15, -0.1) is 0 Å². The van der Waals surface area contributed by atoms with E-state index in [2.05, 4.69) is 21.2 Å². The Morgan fingerprint density at radius 3 is 2.53 bits per heavy atom. The van der Waals surface area contributed by atoms with Crippen LogP contribution in [0.2, 0.25) is 0 Å². The summed E-state index contributed by atoms with van der Waals surface area (Å²) in [4.78, 5) is 0. The smallest absolute Gasteiger partial charge is 0.147 e. The lowest BCUT2D eigenvalue weighted by molar-refractivity contribution is 0.557. The zero-order valence-electron chi connectivity index (χ0n) is 10.3. The molecule has 1 aromatic rings. The van der Waals surface area contributed by atoms with E-state index < -0.39 is 9.84 Å². The number of hydrogen-bond acceptors (Lipinski definition) is 3. The molecule has 0 bridgehead atoms. The summed E-state index contributed by atoms with van der Waals surface area (Å²) in [6, 6.07) is 6.16. The zero-order chi connectivity index (χ0) is 13.1. The maximum atomic E-state index is 11.2. The van der Waals surface area contributed by atoms with E-state index in [9.17, 15) is 8.42 Å². The number of sulfone groups is 1. The van der Waals surface area contributed by atoms with Crippen molar-refractivity contribution in [2.24, 2.45) is 0 Å². The number of rotatable bonds is 5. The monoisotopic (exact) mass is 319 g/mol. The number of aryl methyl sites for hydroxylation is 1. The third kappa shape index (κ3) is 4.77. The zero-order valence-corrected chi connectivity index (χ0v) is 12.7. The van der Waals surface area contributed by atoms with Gasteiger partial charge in [0.1, 0.15) is 9.84 Å². The predicted molar refractivity (Wildman–Crippen MR) is 75.0 cm³/mol. The van der Waals surface area contributed by atoms with Gasteiger partial charge in [-0.05, 0) is 37.6 Å². The lowest BCUT2D eigenvalue weighted by Crippen LogP contribution is -2.20. The van der Waals surface area contributed by atoms with E-state index in [-0.39, 0.29) is 11.8 Å². The fraction of sp³-hybridized carbons (Fsp3) is 0.500. The molecule has 0 saturated carbocycles. The predicted octanol–water partition coefficient (Wildman–Crippen LogP) is 2.45. The molecule has 1 rings (SSSR count). The molecule has 0 radical (unpaired) electrons. The van der Waals surface area contributed by atoms with E-state index in [1.807, 2.05) is 32.2 Å². The lowest BCUT2D eigenvalue weighted by Gasteiger charge is -2.18. The van der Waals surface area contributed by atoms with Gasteiger partial charge in [0.2, 0.25) is 0 Å². The molecule has 17 heavy (non-hydrogen) atoms. The van der Waals surface area contributed by atoms with Crippen molar-refractivity contribution >= 4 is 25.8 Å². The van der Waals surface area contributed by atoms with Crippen molar-refractivity contribution in [3.8, 4) is 0 Å². The Kier molecular flexibility index (Phi) is 5.16. The molecule has 0 spiro atoms. The Bertz CT molecular complexity index is 485. The van der Waals surface area contributed by atoms with E-state index in [1.165, 1.54) is 11.8 Å². The molecule has 0 saturated heterocycles. The maximum Gasteiger partial charge on any atom is 0.147 e. The lowest BCUT2D eigenvalue weighted by atomic mass is 10.0. The molecule has 1 aromatic carbocycles. The number of halogens is 1. The van der Waals surface area contributed by atoms with Gasteiger partial charge >= 0.3 is 0 Å². The van der Waals surface area contributed by atoms with Gasteiger partial charge in [0.25, 0.3) is 0 Å². The first kappa shape index (κ1) is 14.7. The first-order valence-corrected chi connectivity index (χ1v) is 8.30. The second kappa shape index (κ2) is 5.98. The Morgan fingerprint density at radius 1 is 1.41 bits per heavy atom. The van der Waals surface area contributed by atoms with Gasteiger partial charge in [-0.1, -0.05) is 28.1 Å². The van der Waals surface area contributed by atoms with Crippen LogP contribution in [0.4, 0.5) is 0 Å². The number of benzene rings is 1. The van der Waals surface area contributed by atoms with Crippen LogP contribution in [0.5, 0.6) is 0 Å². The van der Waals surface area contributed by atoms with Crippen LogP contribution in [0.3, 0.4) is 0 Å². The summed E-state index contributed by atoms with van der Waals surface area (Å²) in [5, 5.41) is 3.16. The molecule has 0 aliphatic rings. The van der Waals surface area contributed by atoms with Crippen molar-refractivity contribution < 1.29 is 8.42 Å². The highest BCUT2D eigenvalue weighted by atomic mass is 79.9. The molecule has 0 fully saturated rings. The molecule has 1 N–H and O–H groups in total. The van der Waals surface area contributed by atoms with Crippen molar-refractivity contribution in [2.75, 3.05) is 19.1 Å². The molecule has 3 nitrogen and oxygen atoms in total. The summed E-state index contributed by atoms with van der Waals surface area (Å²) < 4.78 is 23.4. The molecule has 1 unspecified atom stereocenters. The van der Waals surface area contributed by atoms with Gasteiger partial charge in [-0.25, -0.2) is 8.42 Å². The largest absolute Gasteiger partial charge is 0.313 e. The highest BCUT2D eigenvalue weighted by Gasteiger charge is 2.15. The van der Waals surface area contributed by atoms with Crippen molar-refractivity contribution in [1.29, 1.82) is 0 Å². The third-order valence-electron chi connectivity index (χ3n) is 2.66. The summed E-state index contributed by atoms with van der Waals surface area (Å²) in [5.41, 5.74) is 2.28. The van der Waals surface area contributed by atoms with Gasteiger partial charge in [-0.2, -0.15) is 0 Å². The van der Waals surface area contributed by atoms with Crippen LogP contribution < -0.4 is 5.32 Å². The van der Waals surface area contributed by atoms with Crippen LogP contribution in [0.1, 0.15) is 23.6 Å². The molecular weight excluding hydrogens is 302 g/mol. The average Bonchev–Trinajstić information content (AvgIpc) is 2.19. The quantitative estimate of drug-likeness (QED) is 0.906. The highest BCUT2D eigenvalue weighted by Crippen LogP contribution is 2.26. The Morgan fingerprint density at radius 2 is 2.06 bits per heavy atom.